The summed E-state index contributed by atoms with van der Waals surface area (Å²) in [4.78, 5) is 19.4. The van der Waals surface area contributed by atoms with E-state index < -0.39 is 5.97 Å². The van der Waals surface area contributed by atoms with Crippen LogP contribution in [-0.4, -0.2) is 21.0 Å². The summed E-state index contributed by atoms with van der Waals surface area (Å²) < 4.78 is 0. The first-order chi connectivity index (χ1) is 9.61. The van der Waals surface area contributed by atoms with Crippen LogP contribution in [-0.2, 0) is 24.1 Å². The summed E-state index contributed by atoms with van der Waals surface area (Å²) in [6, 6.07) is 8.30. The number of benzene rings is 1. The maximum atomic E-state index is 10.8. The third-order valence-corrected chi connectivity index (χ3v) is 3.60. The van der Waals surface area contributed by atoms with Gasteiger partial charge in [0.05, 0.1) is 5.69 Å². The zero-order valence-electron chi connectivity index (χ0n) is 11.4. The Morgan fingerprint density at radius 1 is 1.20 bits per heavy atom. The van der Waals surface area contributed by atoms with E-state index in [9.17, 15) is 4.79 Å². The zero-order chi connectivity index (χ0) is 14.1. The van der Waals surface area contributed by atoms with E-state index in [1.165, 1.54) is 17.5 Å². The second kappa shape index (κ2) is 5.04. The second-order valence-electron chi connectivity index (χ2n) is 5.22. The molecule has 0 saturated carbocycles. The van der Waals surface area contributed by atoms with Crippen molar-refractivity contribution in [2.75, 3.05) is 0 Å². The number of aryl methyl sites for hydroxylation is 3. The molecule has 4 nitrogen and oxygen atoms in total. The van der Waals surface area contributed by atoms with E-state index in [1.807, 2.05) is 13.0 Å². The highest BCUT2D eigenvalue weighted by atomic mass is 16.4. The third kappa shape index (κ3) is 2.54. The molecule has 1 N–H and O–H groups in total. The summed E-state index contributed by atoms with van der Waals surface area (Å²) in [6.45, 7) is 1.86. The summed E-state index contributed by atoms with van der Waals surface area (Å²) >= 11 is 0. The van der Waals surface area contributed by atoms with Crippen molar-refractivity contribution in [2.24, 2.45) is 0 Å². The predicted molar refractivity (Wildman–Crippen MR) is 75.6 cm³/mol. The summed E-state index contributed by atoms with van der Waals surface area (Å²) in [5.74, 6) is -0.538. The summed E-state index contributed by atoms with van der Waals surface area (Å²) in [7, 11) is 0. The van der Waals surface area contributed by atoms with E-state index >= 15 is 0 Å². The Morgan fingerprint density at radius 3 is 2.80 bits per heavy atom. The molecule has 0 atom stereocenters. The molecule has 0 bridgehead atoms. The molecule has 0 radical (unpaired) electrons. The fourth-order valence-corrected chi connectivity index (χ4v) is 2.72. The highest BCUT2D eigenvalue weighted by Gasteiger charge is 2.13. The molecule has 102 valence electrons. The predicted octanol–water partition coefficient (Wildman–Crippen LogP) is 2.57. The topological polar surface area (TPSA) is 63.1 Å². The van der Waals surface area contributed by atoms with Gasteiger partial charge in [-0.15, -0.1) is 0 Å². The molecule has 1 aromatic carbocycles. The fraction of sp³-hybridized carbons (Fsp3) is 0.312. The monoisotopic (exact) mass is 268 g/mol. The molecule has 2 aromatic rings. The second-order valence-corrected chi connectivity index (χ2v) is 5.22. The van der Waals surface area contributed by atoms with Crippen LogP contribution < -0.4 is 0 Å². The lowest BCUT2D eigenvalue weighted by molar-refractivity contribution is -0.136. The van der Waals surface area contributed by atoms with Crippen molar-refractivity contribution < 1.29 is 9.90 Å². The lowest BCUT2D eigenvalue weighted by Gasteiger charge is -2.07. The number of rotatable bonds is 3. The van der Waals surface area contributed by atoms with Crippen molar-refractivity contribution in [3.05, 3.63) is 46.9 Å². The Balaban J connectivity index is 2.01. The average Bonchev–Trinajstić information content (AvgIpc) is 2.84. The van der Waals surface area contributed by atoms with Gasteiger partial charge in [-0.2, -0.15) is 0 Å². The quantitative estimate of drug-likeness (QED) is 0.929. The van der Waals surface area contributed by atoms with Crippen LogP contribution in [0.1, 0.15) is 29.1 Å². The smallest absolute Gasteiger partial charge is 0.311 e. The summed E-state index contributed by atoms with van der Waals surface area (Å²) in [5.41, 5.74) is 5.46. The van der Waals surface area contributed by atoms with Crippen LogP contribution >= 0.6 is 0 Å². The normalized spacial score (nSPS) is 13.2. The molecule has 1 aromatic heterocycles. The van der Waals surface area contributed by atoms with Crippen molar-refractivity contribution >= 4 is 5.97 Å². The van der Waals surface area contributed by atoms with E-state index in [1.54, 1.807) is 0 Å². The minimum atomic E-state index is -0.907. The van der Waals surface area contributed by atoms with Crippen LogP contribution in [0, 0.1) is 6.92 Å². The Hall–Kier alpha value is -2.23. The molecule has 3 rings (SSSR count). The number of carboxylic acids is 1. The first-order valence-corrected chi connectivity index (χ1v) is 6.80. The van der Waals surface area contributed by atoms with Crippen molar-refractivity contribution in [1.82, 2.24) is 9.97 Å². The molecule has 0 saturated heterocycles. The third-order valence-electron chi connectivity index (χ3n) is 3.60. The van der Waals surface area contributed by atoms with Crippen molar-refractivity contribution in [1.29, 1.82) is 0 Å². The van der Waals surface area contributed by atoms with Crippen LogP contribution in [0.4, 0.5) is 0 Å². The van der Waals surface area contributed by atoms with Gasteiger partial charge in [0, 0.05) is 11.3 Å². The Bertz CT molecular complexity index is 680. The fourth-order valence-electron chi connectivity index (χ4n) is 2.72. The van der Waals surface area contributed by atoms with Gasteiger partial charge >= 0.3 is 5.97 Å². The average molecular weight is 268 g/mol. The molecule has 1 heterocycles. The maximum Gasteiger partial charge on any atom is 0.311 e. The lowest BCUT2D eigenvalue weighted by atomic mass is 10.0. The first-order valence-electron chi connectivity index (χ1n) is 6.80. The highest BCUT2D eigenvalue weighted by Crippen LogP contribution is 2.27. The molecule has 0 unspecified atom stereocenters. The molecule has 20 heavy (non-hydrogen) atoms. The lowest BCUT2D eigenvalue weighted by Crippen LogP contribution is -2.06. The molecule has 0 fully saturated rings. The number of aliphatic carboxylic acids is 1. The van der Waals surface area contributed by atoms with Gasteiger partial charge in [0.2, 0.25) is 0 Å². The number of carbonyl (C=O) groups is 1. The van der Waals surface area contributed by atoms with Gasteiger partial charge in [0.25, 0.3) is 0 Å². The van der Waals surface area contributed by atoms with E-state index in [4.69, 9.17) is 5.11 Å². The van der Waals surface area contributed by atoms with Crippen LogP contribution in [0.5, 0.6) is 0 Å². The number of nitrogens with zero attached hydrogens (tertiary/aromatic N) is 2. The zero-order valence-corrected chi connectivity index (χ0v) is 11.4. The minimum absolute atomic E-state index is 0.139. The van der Waals surface area contributed by atoms with Gasteiger partial charge in [-0.05, 0) is 49.4 Å². The summed E-state index contributed by atoms with van der Waals surface area (Å²) in [6.07, 6.45) is 3.35. The van der Waals surface area contributed by atoms with E-state index in [2.05, 4.69) is 28.2 Å². The van der Waals surface area contributed by atoms with Crippen molar-refractivity contribution in [3.8, 4) is 11.3 Å². The van der Waals surface area contributed by atoms with Crippen molar-refractivity contribution in [2.45, 2.75) is 32.6 Å². The standard InChI is InChI=1S/C16H16N2O2/c1-10-7-14(18-15(17-10)9-16(19)20)13-6-5-11-3-2-4-12(11)8-13/h5-8H,2-4,9H2,1H3,(H,19,20). The van der Waals surface area contributed by atoms with Crippen LogP contribution in [0.25, 0.3) is 11.3 Å². The SMILES string of the molecule is Cc1cc(-c2ccc3c(c2)CCC3)nc(CC(=O)O)n1. The van der Waals surface area contributed by atoms with Gasteiger partial charge in [-0.1, -0.05) is 12.1 Å². The van der Waals surface area contributed by atoms with Gasteiger partial charge < -0.3 is 5.11 Å². The Labute approximate surface area is 117 Å². The Morgan fingerprint density at radius 2 is 2.00 bits per heavy atom. The first kappa shape index (κ1) is 12.8. The minimum Gasteiger partial charge on any atom is -0.481 e. The molecular weight excluding hydrogens is 252 g/mol. The van der Waals surface area contributed by atoms with Gasteiger partial charge in [0.15, 0.2) is 0 Å². The number of hydrogen-bond donors (Lipinski definition) is 1. The van der Waals surface area contributed by atoms with Crippen molar-refractivity contribution in [3.63, 3.8) is 0 Å². The molecule has 4 heteroatoms. The highest BCUT2D eigenvalue weighted by molar-refractivity contribution is 5.69. The number of aromatic nitrogens is 2. The van der Waals surface area contributed by atoms with Crippen LogP contribution in [0.15, 0.2) is 24.3 Å². The van der Waals surface area contributed by atoms with Crippen LogP contribution in [0.2, 0.25) is 0 Å². The molecule has 0 spiro atoms. The number of carboxylic acid groups (broad SMARTS) is 1. The largest absolute Gasteiger partial charge is 0.481 e. The van der Waals surface area contributed by atoms with Crippen LogP contribution in [0.3, 0.4) is 0 Å². The Kier molecular flexibility index (Phi) is 3.22. The molecule has 1 aliphatic rings. The van der Waals surface area contributed by atoms with Gasteiger partial charge in [0.1, 0.15) is 12.2 Å². The van der Waals surface area contributed by atoms with Gasteiger partial charge in [-0.25, -0.2) is 9.97 Å². The summed E-state index contributed by atoms with van der Waals surface area (Å²) in [5, 5.41) is 8.87. The number of hydrogen-bond acceptors (Lipinski definition) is 3. The van der Waals surface area contributed by atoms with E-state index in [0.717, 1.165) is 29.8 Å². The van der Waals surface area contributed by atoms with Gasteiger partial charge in [-0.3, -0.25) is 4.79 Å². The maximum absolute atomic E-state index is 10.8. The molecule has 0 amide bonds. The molecule has 0 aliphatic heterocycles. The van der Waals surface area contributed by atoms with E-state index in [-0.39, 0.29) is 6.42 Å². The molecular formula is C16H16N2O2. The molecule has 1 aliphatic carbocycles. The number of fused-ring (bicyclic) bond motifs is 1. The van der Waals surface area contributed by atoms with E-state index in [0.29, 0.717) is 5.82 Å².